The van der Waals surface area contributed by atoms with Crippen molar-refractivity contribution in [2.24, 2.45) is 0 Å². The Balaban J connectivity index is 1.98. The van der Waals surface area contributed by atoms with Crippen molar-refractivity contribution in [1.29, 1.82) is 0 Å². The Morgan fingerprint density at radius 2 is 1.68 bits per heavy atom. The van der Waals surface area contributed by atoms with Gasteiger partial charge in [-0.05, 0) is 30.3 Å². The first-order valence-corrected chi connectivity index (χ1v) is 9.15. The van der Waals surface area contributed by atoms with Crippen molar-refractivity contribution < 1.29 is 18.0 Å². The van der Waals surface area contributed by atoms with Crippen LogP contribution in [0.1, 0.15) is 10.4 Å². The summed E-state index contributed by atoms with van der Waals surface area (Å²) in [6.07, 6.45) is 1.17. The molecule has 0 bridgehead atoms. The first-order valence-electron chi connectivity index (χ1n) is 7.76. The first-order chi connectivity index (χ1) is 11.8. The van der Waals surface area contributed by atoms with Gasteiger partial charge in [-0.1, -0.05) is 6.58 Å². The van der Waals surface area contributed by atoms with Gasteiger partial charge in [0.2, 0.25) is 5.91 Å². The lowest BCUT2D eigenvalue weighted by Gasteiger charge is -2.35. The highest BCUT2D eigenvalue weighted by atomic mass is 32.2. The van der Waals surface area contributed by atoms with Crippen molar-refractivity contribution in [2.75, 3.05) is 45.6 Å². The maximum absolute atomic E-state index is 12.5. The summed E-state index contributed by atoms with van der Waals surface area (Å²) in [6.45, 7) is 4.57. The number of hydrogen-bond acceptors (Lipinski definition) is 4. The third-order valence-corrected chi connectivity index (χ3v) is 5.84. The van der Waals surface area contributed by atoms with E-state index in [0.717, 1.165) is 0 Å². The largest absolute Gasteiger partial charge is 0.336 e. The van der Waals surface area contributed by atoms with E-state index in [0.29, 0.717) is 24.3 Å². The lowest BCUT2D eigenvalue weighted by atomic mass is 10.1. The minimum absolute atomic E-state index is 0.163. The van der Waals surface area contributed by atoms with E-state index in [1.165, 1.54) is 28.8 Å². The summed E-state index contributed by atoms with van der Waals surface area (Å²) in [5.74, 6) is -0.485. The lowest BCUT2D eigenvalue weighted by Crippen LogP contribution is -2.53. The molecule has 0 aromatic heterocycles. The molecule has 0 spiro atoms. The van der Waals surface area contributed by atoms with Gasteiger partial charge in [0.05, 0.1) is 0 Å². The summed E-state index contributed by atoms with van der Waals surface area (Å²) in [5, 5.41) is 2.61. The van der Waals surface area contributed by atoms with Crippen LogP contribution in [0.2, 0.25) is 0 Å². The molecule has 2 amide bonds. The van der Waals surface area contributed by atoms with Crippen molar-refractivity contribution in [1.82, 2.24) is 13.5 Å². The van der Waals surface area contributed by atoms with Crippen molar-refractivity contribution in [2.45, 2.75) is 0 Å². The predicted octanol–water partition coefficient (Wildman–Crippen LogP) is 0.375. The number of amides is 2. The number of nitrogens with zero attached hydrogens (tertiary/aromatic N) is 3. The van der Waals surface area contributed by atoms with Gasteiger partial charge in [-0.15, -0.1) is 0 Å². The van der Waals surface area contributed by atoms with Crippen LogP contribution in [0.5, 0.6) is 0 Å². The molecule has 0 atom stereocenters. The Labute approximate surface area is 147 Å². The number of rotatable bonds is 5. The fourth-order valence-corrected chi connectivity index (χ4v) is 3.51. The summed E-state index contributed by atoms with van der Waals surface area (Å²) >= 11 is 0. The van der Waals surface area contributed by atoms with Crippen LogP contribution in [0.25, 0.3) is 0 Å². The van der Waals surface area contributed by atoms with Crippen LogP contribution in [0.15, 0.2) is 36.9 Å². The third-order valence-electron chi connectivity index (χ3n) is 3.90. The van der Waals surface area contributed by atoms with Gasteiger partial charge in [-0.3, -0.25) is 9.59 Å². The molecule has 9 heteroatoms. The highest BCUT2D eigenvalue weighted by Crippen LogP contribution is 2.15. The van der Waals surface area contributed by atoms with Gasteiger partial charge >= 0.3 is 0 Å². The molecule has 1 aliphatic heterocycles. The second-order valence-corrected chi connectivity index (χ2v) is 7.89. The zero-order chi connectivity index (χ0) is 18.6. The zero-order valence-electron chi connectivity index (χ0n) is 14.3. The SMILES string of the molecule is C=CC(=O)Nc1ccc(C(=O)N2CCN(S(=O)(=O)N(C)C)CC2)cc1. The molecular formula is C16H22N4O4S. The molecule has 0 unspecified atom stereocenters. The Morgan fingerprint density at radius 3 is 2.16 bits per heavy atom. The monoisotopic (exact) mass is 366 g/mol. The molecule has 1 fully saturated rings. The number of piperazine rings is 1. The van der Waals surface area contributed by atoms with Crippen LogP contribution in [-0.4, -0.2) is 74.0 Å². The van der Waals surface area contributed by atoms with E-state index in [-0.39, 0.29) is 24.9 Å². The maximum atomic E-state index is 12.5. The van der Waals surface area contributed by atoms with E-state index in [9.17, 15) is 18.0 Å². The number of anilines is 1. The van der Waals surface area contributed by atoms with Crippen LogP contribution >= 0.6 is 0 Å². The molecule has 1 aliphatic rings. The Kier molecular flexibility index (Phi) is 5.93. The van der Waals surface area contributed by atoms with Crippen molar-refractivity contribution in [3.63, 3.8) is 0 Å². The van der Waals surface area contributed by atoms with Crippen LogP contribution in [0, 0.1) is 0 Å². The van der Waals surface area contributed by atoms with Crippen LogP contribution in [0.3, 0.4) is 0 Å². The average Bonchev–Trinajstić information content (AvgIpc) is 2.61. The van der Waals surface area contributed by atoms with E-state index < -0.39 is 10.2 Å². The van der Waals surface area contributed by atoms with E-state index >= 15 is 0 Å². The summed E-state index contributed by atoms with van der Waals surface area (Å²) in [7, 11) is -0.482. The van der Waals surface area contributed by atoms with Crippen molar-refractivity contribution in [3.05, 3.63) is 42.5 Å². The van der Waals surface area contributed by atoms with Gasteiger partial charge in [0.1, 0.15) is 0 Å². The summed E-state index contributed by atoms with van der Waals surface area (Å²) in [4.78, 5) is 25.4. The fourth-order valence-electron chi connectivity index (χ4n) is 2.42. The van der Waals surface area contributed by atoms with Crippen LogP contribution in [-0.2, 0) is 15.0 Å². The van der Waals surface area contributed by atoms with Gasteiger partial charge in [0.25, 0.3) is 16.1 Å². The average molecular weight is 366 g/mol. The molecule has 1 aromatic rings. The van der Waals surface area contributed by atoms with E-state index in [4.69, 9.17) is 0 Å². The highest BCUT2D eigenvalue weighted by Gasteiger charge is 2.30. The van der Waals surface area contributed by atoms with E-state index in [1.54, 1.807) is 29.2 Å². The smallest absolute Gasteiger partial charge is 0.281 e. The zero-order valence-corrected chi connectivity index (χ0v) is 15.1. The molecule has 2 rings (SSSR count). The Bertz CT molecular complexity index is 751. The number of nitrogens with one attached hydrogen (secondary N) is 1. The molecule has 25 heavy (non-hydrogen) atoms. The Morgan fingerprint density at radius 1 is 1.12 bits per heavy atom. The molecule has 1 aromatic carbocycles. The van der Waals surface area contributed by atoms with Gasteiger partial charge in [-0.2, -0.15) is 17.0 Å². The normalized spacial score (nSPS) is 15.9. The maximum Gasteiger partial charge on any atom is 0.281 e. The quantitative estimate of drug-likeness (QED) is 0.763. The molecule has 8 nitrogen and oxygen atoms in total. The number of carbonyl (C=O) groups excluding carboxylic acids is 2. The molecule has 1 saturated heterocycles. The van der Waals surface area contributed by atoms with Gasteiger partial charge < -0.3 is 10.2 Å². The molecule has 0 radical (unpaired) electrons. The van der Waals surface area contributed by atoms with E-state index in [2.05, 4.69) is 11.9 Å². The molecule has 0 aliphatic carbocycles. The van der Waals surface area contributed by atoms with Gasteiger partial charge in [0, 0.05) is 51.5 Å². The van der Waals surface area contributed by atoms with Crippen LogP contribution < -0.4 is 5.32 Å². The highest BCUT2D eigenvalue weighted by molar-refractivity contribution is 7.86. The molecular weight excluding hydrogens is 344 g/mol. The number of benzene rings is 1. The molecule has 0 saturated carbocycles. The number of hydrogen-bond donors (Lipinski definition) is 1. The van der Waals surface area contributed by atoms with E-state index in [1.807, 2.05) is 0 Å². The minimum Gasteiger partial charge on any atom is -0.336 e. The summed E-state index contributed by atoms with van der Waals surface area (Å²) in [5.41, 5.74) is 1.06. The minimum atomic E-state index is -3.45. The first kappa shape index (κ1) is 19.1. The van der Waals surface area contributed by atoms with Crippen molar-refractivity contribution in [3.8, 4) is 0 Å². The van der Waals surface area contributed by atoms with Gasteiger partial charge in [-0.25, -0.2) is 0 Å². The predicted molar refractivity (Wildman–Crippen MR) is 95.4 cm³/mol. The van der Waals surface area contributed by atoms with Gasteiger partial charge in [0.15, 0.2) is 0 Å². The third kappa shape index (κ3) is 4.44. The molecule has 1 N–H and O–H groups in total. The standard InChI is InChI=1S/C16H22N4O4S/c1-4-15(21)17-14-7-5-13(6-8-14)16(22)19-9-11-20(12-10-19)25(23,24)18(2)3/h4-8H,1,9-12H2,2-3H3,(H,17,21). The van der Waals surface area contributed by atoms with Crippen molar-refractivity contribution >= 4 is 27.7 Å². The second kappa shape index (κ2) is 7.77. The Hall–Kier alpha value is -2.23. The topological polar surface area (TPSA) is 90.0 Å². The van der Waals surface area contributed by atoms with Crippen LogP contribution in [0.4, 0.5) is 5.69 Å². The summed E-state index contributed by atoms with van der Waals surface area (Å²) < 4.78 is 26.7. The summed E-state index contributed by atoms with van der Waals surface area (Å²) in [6, 6.07) is 6.54. The lowest BCUT2D eigenvalue weighted by molar-refractivity contribution is -0.111. The molecule has 1 heterocycles. The second-order valence-electron chi connectivity index (χ2n) is 5.75. The number of carbonyl (C=O) groups is 2. The fraction of sp³-hybridized carbons (Fsp3) is 0.375. The molecule has 136 valence electrons.